The molecular formula is C46H58F2N8O2. The van der Waals surface area contributed by atoms with E-state index in [1.165, 1.54) is 18.5 Å². The number of para-hydroxylation sites is 2. The molecule has 2 aromatic heterocycles. The number of nitrogens with zero attached hydrogens (tertiary/aromatic N) is 8. The van der Waals surface area contributed by atoms with E-state index < -0.39 is 0 Å². The zero-order chi connectivity index (χ0) is 40.5. The van der Waals surface area contributed by atoms with Crippen molar-refractivity contribution in [2.75, 3.05) is 75.2 Å². The van der Waals surface area contributed by atoms with E-state index in [2.05, 4.69) is 29.6 Å². The fourth-order valence-corrected chi connectivity index (χ4v) is 8.56. The van der Waals surface area contributed by atoms with Crippen LogP contribution in [0.4, 0.5) is 20.2 Å². The lowest BCUT2D eigenvalue weighted by Crippen LogP contribution is -2.55. The van der Waals surface area contributed by atoms with Gasteiger partial charge in [-0.2, -0.15) is 0 Å². The van der Waals surface area contributed by atoms with Gasteiger partial charge in [0.2, 0.25) is 11.8 Å². The first-order valence-electron chi connectivity index (χ1n) is 21.0. The molecule has 58 heavy (non-hydrogen) atoms. The van der Waals surface area contributed by atoms with Crippen molar-refractivity contribution in [1.82, 2.24) is 29.6 Å². The fourth-order valence-electron chi connectivity index (χ4n) is 8.56. The summed E-state index contributed by atoms with van der Waals surface area (Å²) in [5.74, 6) is -0.207. The lowest BCUT2D eigenvalue weighted by Gasteiger charge is -2.41. The molecule has 4 aromatic rings. The van der Waals surface area contributed by atoms with Gasteiger partial charge in [0.25, 0.3) is 0 Å². The van der Waals surface area contributed by atoms with E-state index in [-0.39, 0.29) is 34.5 Å². The highest BCUT2D eigenvalue weighted by atomic mass is 19.1. The SMILES string of the molecule is CCC(=O)N(CC1(N2CCN(Cc3ccc(F)cn3)CC2)CC1)c1ccccc1.CCC(=O)N(CC1(N2CCN(Cc3cncc(F)c3)CC2)CC1)c1ccccc1. The Morgan fingerprint density at radius 2 is 1.09 bits per heavy atom. The van der Waals surface area contributed by atoms with E-state index in [0.29, 0.717) is 12.8 Å². The second-order valence-corrected chi connectivity index (χ2v) is 16.3. The van der Waals surface area contributed by atoms with Crippen molar-refractivity contribution in [3.05, 3.63) is 120 Å². The molecule has 8 rings (SSSR count). The standard InChI is InChI=1S/2C23H29FN4O/c1-2-22(29)28(21-6-4-3-5-7-21)18-23(8-9-23)27-12-10-26(11-13-27)17-19-14-20(24)16-25-15-19;1-2-22(29)28(21-6-4-3-5-7-21)18-23(10-11-23)27-14-12-26(13-15-27)17-20-9-8-19(24)16-25-20/h3-7,14-16H,2,8-13,17-18H2,1H3;3-9,16H,2,10-15,17-18H2,1H3. The Kier molecular flexibility index (Phi) is 13.6. The van der Waals surface area contributed by atoms with Crippen LogP contribution in [0.3, 0.4) is 0 Å². The highest BCUT2D eigenvalue weighted by Crippen LogP contribution is 2.45. The summed E-state index contributed by atoms with van der Waals surface area (Å²) in [5, 5.41) is 0. The second kappa shape index (κ2) is 19.0. The van der Waals surface area contributed by atoms with Crippen LogP contribution in [0.15, 0.2) is 97.5 Å². The molecule has 4 aliphatic rings. The predicted octanol–water partition coefficient (Wildman–Crippen LogP) is 6.63. The Morgan fingerprint density at radius 3 is 1.50 bits per heavy atom. The Labute approximate surface area is 342 Å². The van der Waals surface area contributed by atoms with Crippen molar-refractivity contribution in [1.29, 1.82) is 0 Å². The van der Waals surface area contributed by atoms with Gasteiger partial charge in [0.1, 0.15) is 11.6 Å². The number of benzene rings is 2. The van der Waals surface area contributed by atoms with Crippen LogP contribution in [-0.4, -0.2) is 118 Å². The summed E-state index contributed by atoms with van der Waals surface area (Å²) < 4.78 is 26.4. The summed E-state index contributed by atoms with van der Waals surface area (Å²) in [6.07, 6.45) is 9.87. The Hall–Kier alpha value is -4.62. The van der Waals surface area contributed by atoms with Crippen molar-refractivity contribution in [2.45, 2.75) is 76.5 Å². The average molecular weight is 793 g/mol. The van der Waals surface area contributed by atoms with E-state index in [1.807, 2.05) is 84.3 Å². The molecule has 2 saturated carbocycles. The van der Waals surface area contributed by atoms with Crippen molar-refractivity contribution in [3.63, 3.8) is 0 Å². The Bertz CT molecular complexity index is 1930. The largest absolute Gasteiger partial charge is 0.311 e. The molecular weight excluding hydrogens is 735 g/mol. The van der Waals surface area contributed by atoms with E-state index in [9.17, 15) is 18.4 Å². The number of carbonyl (C=O) groups excluding carboxylic acids is 2. The van der Waals surface area contributed by atoms with E-state index >= 15 is 0 Å². The minimum atomic E-state index is -0.293. The first kappa shape index (κ1) is 41.5. The maximum absolute atomic E-state index is 13.4. The zero-order valence-electron chi connectivity index (χ0n) is 34.1. The van der Waals surface area contributed by atoms with Crippen LogP contribution < -0.4 is 9.80 Å². The molecule has 2 amide bonds. The molecule has 4 heterocycles. The molecule has 0 atom stereocenters. The fraction of sp³-hybridized carbons (Fsp3) is 0.478. The van der Waals surface area contributed by atoms with Crippen LogP contribution in [0.1, 0.15) is 63.6 Å². The minimum Gasteiger partial charge on any atom is -0.311 e. The molecule has 0 bridgehead atoms. The van der Waals surface area contributed by atoms with Crippen LogP contribution in [0, 0.1) is 11.6 Å². The van der Waals surface area contributed by atoms with Crippen molar-refractivity contribution in [2.24, 2.45) is 0 Å². The molecule has 308 valence electrons. The Morgan fingerprint density at radius 1 is 0.603 bits per heavy atom. The molecule has 2 aliphatic heterocycles. The molecule has 0 radical (unpaired) electrons. The molecule has 2 aromatic carbocycles. The number of pyridine rings is 2. The monoisotopic (exact) mass is 792 g/mol. The highest BCUT2D eigenvalue weighted by molar-refractivity contribution is 5.94. The molecule has 4 fully saturated rings. The third-order valence-electron chi connectivity index (χ3n) is 12.3. The summed E-state index contributed by atoms with van der Waals surface area (Å²) >= 11 is 0. The van der Waals surface area contributed by atoms with E-state index in [0.717, 1.165) is 127 Å². The third kappa shape index (κ3) is 10.5. The van der Waals surface area contributed by atoms with Gasteiger partial charge >= 0.3 is 0 Å². The number of aromatic nitrogens is 2. The molecule has 12 heteroatoms. The smallest absolute Gasteiger partial charge is 0.226 e. The number of piperazine rings is 2. The summed E-state index contributed by atoms with van der Waals surface area (Å²) in [6, 6.07) is 24.8. The lowest BCUT2D eigenvalue weighted by molar-refractivity contribution is -0.119. The first-order valence-corrected chi connectivity index (χ1v) is 21.0. The maximum Gasteiger partial charge on any atom is 0.226 e. The number of anilines is 2. The van der Waals surface area contributed by atoms with Crippen LogP contribution >= 0.6 is 0 Å². The summed E-state index contributed by atoms with van der Waals surface area (Å²) in [6.45, 7) is 14.6. The molecule has 10 nitrogen and oxygen atoms in total. The van der Waals surface area contributed by atoms with Crippen molar-refractivity contribution < 1.29 is 18.4 Å². The second-order valence-electron chi connectivity index (χ2n) is 16.3. The number of hydrogen-bond acceptors (Lipinski definition) is 8. The van der Waals surface area contributed by atoms with Gasteiger partial charge in [-0.25, -0.2) is 8.78 Å². The van der Waals surface area contributed by atoms with E-state index in [1.54, 1.807) is 18.3 Å². The topological polar surface area (TPSA) is 79.4 Å². The van der Waals surface area contributed by atoms with Crippen LogP contribution in [0.25, 0.3) is 0 Å². The lowest BCUT2D eigenvalue weighted by atomic mass is 10.1. The van der Waals surface area contributed by atoms with Crippen LogP contribution in [0.2, 0.25) is 0 Å². The van der Waals surface area contributed by atoms with Gasteiger partial charge in [-0.3, -0.25) is 39.2 Å². The number of rotatable bonds is 14. The van der Waals surface area contributed by atoms with Crippen molar-refractivity contribution in [3.8, 4) is 0 Å². The first-order chi connectivity index (χ1) is 28.2. The average Bonchev–Trinajstić information content (AvgIpc) is 4.21. The van der Waals surface area contributed by atoms with Crippen LogP contribution in [-0.2, 0) is 22.7 Å². The zero-order valence-corrected chi connectivity index (χ0v) is 34.1. The summed E-state index contributed by atoms with van der Waals surface area (Å²) in [7, 11) is 0. The Balaban J connectivity index is 0.000000177. The van der Waals surface area contributed by atoms with Gasteiger partial charge in [-0.05, 0) is 73.7 Å². The normalized spacial score (nSPS) is 19.1. The summed E-state index contributed by atoms with van der Waals surface area (Å²) in [4.78, 5) is 47.2. The van der Waals surface area contributed by atoms with Gasteiger partial charge in [0, 0.05) is 120 Å². The quantitative estimate of drug-likeness (QED) is 0.141. The van der Waals surface area contributed by atoms with Crippen LogP contribution in [0.5, 0.6) is 0 Å². The predicted molar refractivity (Wildman–Crippen MR) is 224 cm³/mol. The molecule has 0 unspecified atom stereocenters. The molecule has 2 aliphatic carbocycles. The third-order valence-corrected chi connectivity index (χ3v) is 12.3. The van der Waals surface area contributed by atoms with Gasteiger partial charge in [-0.15, -0.1) is 0 Å². The molecule has 2 saturated heterocycles. The number of halogens is 2. The number of carbonyl (C=O) groups is 2. The van der Waals surface area contributed by atoms with Crippen molar-refractivity contribution >= 4 is 23.2 Å². The summed E-state index contributed by atoms with van der Waals surface area (Å²) in [5.41, 5.74) is 4.02. The minimum absolute atomic E-state index is 0.104. The molecule has 0 spiro atoms. The van der Waals surface area contributed by atoms with Gasteiger partial charge in [-0.1, -0.05) is 50.2 Å². The van der Waals surface area contributed by atoms with Gasteiger partial charge < -0.3 is 9.80 Å². The van der Waals surface area contributed by atoms with Gasteiger partial charge in [0.15, 0.2) is 0 Å². The van der Waals surface area contributed by atoms with Gasteiger partial charge in [0.05, 0.1) is 18.1 Å². The number of hydrogen-bond donors (Lipinski definition) is 0. The highest BCUT2D eigenvalue weighted by Gasteiger charge is 2.51. The molecule has 0 N–H and O–H groups in total. The number of amides is 2. The van der Waals surface area contributed by atoms with E-state index in [4.69, 9.17) is 0 Å². The maximum atomic E-state index is 13.4.